The van der Waals surface area contributed by atoms with Crippen molar-refractivity contribution in [2.45, 2.75) is 26.7 Å². The summed E-state index contributed by atoms with van der Waals surface area (Å²) < 4.78 is 5.82. The molecule has 0 saturated carbocycles. The van der Waals surface area contributed by atoms with Crippen LogP contribution in [0.5, 0.6) is 5.75 Å². The number of hydrogen-bond acceptors (Lipinski definition) is 3. The molecule has 1 aromatic carbocycles. The van der Waals surface area contributed by atoms with Gasteiger partial charge in [-0.3, -0.25) is 0 Å². The molecule has 1 fully saturated rings. The number of ether oxygens (including phenoxy) is 1. The third-order valence-corrected chi connectivity index (χ3v) is 3.77. The minimum atomic E-state index is 0.644. The molecule has 0 spiro atoms. The third-order valence-electron chi connectivity index (χ3n) is 3.77. The average molecular weight is 262 g/mol. The van der Waals surface area contributed by atoms with E-state index in [0.29, 0.717) is 11.8 Å². The molecular weight excluding hydrogens is 236 g/mol. The molecule has 0 bridgehead atoms. The molecule has 3 nitrogen and oxygen atoms in total. The van der Waals surface area contributed by atoms with Gasteiger partial charge in [-0.2, -0.15) is 0 Å². The van der Waals surface area contributed by atoms with E-state index in [0.717, 1.165) is 38.4 Å². The van der Waals surface area contributed by atoms with E-state index in [1.165, 1.54) is 12.1 Å². The molecule has 0 aromatic heterocycles. The molecule has 1 heterocycles. The largest absolute Gasteiger partial charge is 0.494 e. The maximum Gasteiger partial charge on any atom is 0.121 e. The number of nitrogens with zero attached hydrogens (tertiary/aromatic N) is 1. The number of rotatable bonds is 6. The van der Waals surface area contributed by atoms with Crippen LogP contribution in [0.3, 0.4) is 0 Å². The first-order valence-electron chi connectivity index (χ1n) is 7.37. The van der Waals surface area contributed by atoms with Gasteiger partial charge in [-0.1, -0.05) is 19.9 Å². The lowest BCUT2D eigenvalue weighted by molar-refractivity contribution is 0.289. The zero-order valence-corrected chi connectivity index (χ0v) is 12.1. The summed E-state index contributed by atoms with van der Waals surface area (Å²) in [5.74, 6) is 2.31. The Kier molecular flexibility index (Phi) is 5.08. The Balaban J connectivity index is 1.92. The van der Waals surface area contributed by atoms with Crippen LogP contribution >= 0.6 is 0 Å². The minimum Gasteiger partial charge on any atom is -0.494 e. The fourth-order valence-corrected chi connectivity index (χ4v) is 2.44. The first-order chi connectivity index (χ1) is 9.19. The second-order valence-electron chi connectivity index (χ2n) is 5.86. The average Bonchev–Trinajstić information content (AvgIpc) is 2.87. The first-order valence-corrected chi connectivity index (χ1v) is 7.37. The summed E-state index contributed by atoms with van der Waals surface area (Å²) in [5.41, 5.74) is 7.01. The molecule has 0 aliphatic carbocycles. The maximum atomic E-state index is 5.82. The van der Waals surface area contributed by atoms with Crippen molar-refractivity contribution in [1.82, 2.24) is 0 Å². The molecule has 19 heavy (non-hydrogen) atoms. The molecule has 2 N–H and O–H groups in total. The van der Waals surface area contributed by atoms with Crippen molar-refractivity contribution in [2.24, 2.45) is 17.6 Å². The highest BCUT2D eigenvalue weighted by Gasteiger charge is 2.21. The highest BCUT2D eigenvalue weighted by molar-refractivity contribution is 5.51. The number of benzene rings is 1. The lowest BCUT2D eigenvalue weighted by Crippen LogP contribution is -2.22. The normalized spacial score (nSPS) is 19.2. The molecule has 1 aliphatic heterocycles. The number of nitrogens with two attached hydrogens (primary N) is 1. The van der Waals surface area contributed by atoms with Gasteiger partial charge >= 0.3 is 0 Å². The van der Waals surface area contributed by atoms with Gasteiger partial charge in [0.15, 0.2) is 0 Å². The van der Waals surface area contributed by atoms with Gasteiger partial charge in [0.05, 0.1) is 6.61 Å². The number of hydrogen-bond donors (Lipinski definition) is 1. The highest BCUT2D eigenvalue weighted by Crippen LogP contribution is 2.26. The Labute approximate surface area is 116 Å². The molecule has 3 heteroatoms. The summed E-state index contributed by atoms with van der Waals surface area (Å²) in [6.07, 6.45) is 2.30. The van der Waals surface area contributed by atoms with Crippen molar-refractivity contribution >= 4 is 5.69 Å². The standard InChI is InChI=1S/C16H26N2O/c1-13(2)7-9-19-16-5-3-4-15(10-16)18-8-6-14(11-17)12-18/h3-5,10,13-14H,6-9,11-12,17H2,1-2H3. The Hall–Kier alpha value is -1.22. The fourth-order valence-electron chi connectivity index (χ4n) is 2.44. The molecule has 1 unspecified atom stereocenters. The molecule has 0 radical (unpaired) electrons. The predicted molar refractivity (Wildman–Crippen MR) is 80.8 cm³/mol. The molecule has 1 aliphatic rings. The summed E-state index contributed by atoms with van der Waals surface area (Å²) in [5, 5.41) is 0. The van der Waals surface area contributed by atoms with Gasteiger partial charge < -0.3 is 15.4 Å². The molecular formula is C16H26N2O. The Morgan fingerprint density at radius 2 is 2.26 bits per heavy atom. The molecule has 1 atom stereocenters. The van der Waals surface area contributed by atoms with Crippen LogP contribution in [0.15, 0.2) is 24.3 Å². The Bertz CT molecular complexity index is 392. The molecule has 1 aromatic rings. The summed E-state index contributed by atoms with van der Waals surface area (Å²) in [6.45, 7) is 8.21. The Morgan fingerprint density at radius 1 is 1.42 bits per heavy atom. The second-order valence-corrected chi connectivity index (χ2v) is 5.86. The van der Waals surface area contributed by atoms with Crippen LogP contribution in [-0.2, 0) is 0 Å². The van der Waals surface area contributed by atoms with Crippen LogP contribution in [0.25, 0.3) is 0 Å². The van der Waals surface area contributed by atoms with E-state index in [1.54, 1.807) is 0 Å². The quantitative estimate of drug-likeness (QED) is 0.856. The third kappa shape index (κ3) is 4.13. The van der Waals surface area contributed by atoms with Crippen molar-refractivity contribution in [3.8, 4) is 5.75 Å². The zero-order valence-electron chi connectivity index (χ0n) is 12.1. The molecule has 1 saturated heterocycles. The van der Waals surface area contributed by atoms with E-state index in [4.69, 9.17) is 10.5 Å². The van der Waals surface area contributed by atoms with Crippen LogP contribution in [0.4, 0.5) is 5.69 Å². The van der Waals surface area contributed by atoms with Gasteiger partial charge in [-0.25, -0.2) is 0 Å². The van der Waals surface area contributed by atoms with Crippen molar-refractivity contribution in [3.05, 3.63) is 24.3 Å². The van der Waals surface area contributed by atoms with E-state index < -0.39 is 0 Å². The SMILES string of the molecule is CC(C)CCOc1cccc(N2CCC(CN)C2)c1. The highest BCUT2D eigenvalue weighted by atomic mass is 16.5. The van der Waals surface area contributed by atoms with Crippen molar-refractivity contribution in [2.75, 3.05) is 31.1 Å². The van der Waals surface area contributed by atoms with Crippen LogP contribution < -0.4 is 15.4 Å². The predicted octanol–water partition coefficient (Wildman–Crippen LogP) is 2.90. The van der Waals surface area contributed by atoms with Gasteiger partial charge in [-0.15, -0.1) is 0 Å². The summed E-state index contributed by atoms with van der Waals surface area (Å²) >= 11 is 0. The van der Waals surface area contributed by atoms with E-state index in [-0.39, 0.29) is 0 Å². The van der Waals surface area contributed by atoms with Gasteiger partial charge in [0.1, 0.15) is 5.75 Å². The molecule has 0 amide bonds. The monoisotopic (exact) mass is 262 g/mol. The van der Waals surface area contributed by atoms with Gasteiger partial charge in [0.25, 0.3) is 0 Å². The smallest absolute Gasteiger partial charge is 0.121 e. The first kappa shape index (κ1) is 14.2. The molecule has 2 rings (SSSR count). The van der Waals surface area contributed by atoms with Crippen molar-refractivity contribution < 1.29 is 4.74 Å². The summed E-state index contributed by atoms with van der Waals surface area (Å²) in [4.78, 5) is 2.41. The van der Waals surface area contributed by atoms with Crippen LogP contribution in [0.1, 0.15) is 26.7 Å². The van der Waals surface area contributed by atoms with Crippen molar-refractivity contribution in [3.63, 3.8) is 0 Å². The van der Waals surface area contributed by atoms with Crippen LogP contribution in [-0.4, -0.2) is 26.2 Å². The second kappa shape index (κ2) is 6.80. The van der Waals surface area contributed by atoms with Crippen LogP contribution in [0.2, 0.25) is 0 Å². The zero-order chi connectivity index (χ0) is 13.7. The van der Waals surface area contributed by atoms with Gasteiger partial charge in [0, 0.05) is 24.8 Å². The lowest BCUT2D eigenvalue weighted by atomic mass is 10.1. The van der Waals surface area contributed by atoms with Crippen LogP contribution in [0, 0.1) is 11.8 Å². The van der Waals surface area contributed by atoms with Gasteiger partial charge in [0.2, 0.25) is 0 Å². The fraction of sp³-hybridized carbons (Fsp3) is 0.625. The van der Waals surface area contributed by atoms with Crippen molar-refractivity contribution in [1.29, 1.82) is 0 Å². The number of anilines is 1. The summed E-state index contributed by atoms with van der Waals surface area (Å²) in [7, 11) is 0. The van der Waals surface area contributed by atoms with E-state index >= 15 is 0 Å². The molecule has 106 valence electrons. The summed E-state index contributed by atoms with van der Waals surface area (Å²) in [6, 6.07) is 8.43. The topological polar surface area (TPSA) is 38.5 Å². The van der Waals surface area contributed by atoms with E-state index in [1.807, 2.05) is 6.07 Å². The maximum absolute atomic E-state index is 5.82. The van der Waals surface area contributed by atoms with E-state index in [2.05, 4.69) is 36.9 Å². The lowest BCUT2D eigenvalue weighted by Gasteiger charge is -2.19. The van der Waals surface area contributed by atoms with E-state index in [9.17, 15) is 0 Å². The Morgan fingerprint density at radius 3 is 2.95 bits per heavy atom. The van der Waals surface area contributed by atoms with Gasteiger partial charge in [-0.05, 0) is 43.4 Å². The minimum absolute atomic E-state index is 0.644.